The largest absolute Gasteiger partial charge is 0.351 e. The topological polar surface area (TPSA) is 146 Å². The molecular weight excluding hydrogens is 691 g/mol. The number of carbonyl (C=O) groups is 5. The minimum atomic E-state index is -0.869. The zero-order valence-electron chi connectivity index (χ0n) is 35.2. The Hall–Kier alpha value is -4.21. The maximum atomic E-state index is 14.2. The standard InChI is InChI=1S/C45H71N5O5/c1-11-13-22-35(28-40(52)49-42(33(10)12-2)45(55)46-36-23-18-17-19-32(9)26-36)37(27-34-20-15-14-16-21-34)48-44(54)41(31(7)8)50-43(53)38(24-29(3)4)47-39(51)25-30(5)6/h14-21,23,26,29-33,35,37-38,41-42H,11-13,22,24-25,27-28H2,1-10H3,(H,46,55)(H,47,51)(H,48,54)(H,49,52)(H,50,53). The summed E-state index contributed by atoms with van der Waals surface area (Å²) in [5.41, 5.74) is 1.70. The van der Waals surface area contributed by atoms with Crippen molar-refractivity contribution in [3.8, 4) is 0 Å². The quantitative estimate of drug-likeness (QED) is 0.0823. The van der Waals surface area contributed by atoms with Crippen LogP contribution < -0.4 is 26.6 Å². The van der Waals surface area contributed by atoms with Gasteiger partial charge in [0, 0.05) is 24.6 Å². The van der Waals surface area contributed by atoms with Crippen molar-refractivity contribution < 1.29 is 24.0 Å². The van der Waals surface area contributed by atoms with Crippen LogP contribution in [0.5, 0.6) is 0 Å². The fourth-order valence-corrected chi connectivity index (χ4v) is 6.77. The van der Waals surface area contributed by atoms with E-state index in [1.807, 2.05) is 123 Å². The van der Waals surface area contributed by atoms with Gasteiger partial charge >= 0.3 is 0 Å². The first-order valence-electron chi connectivity index (χ1n) is 20.6. The van der Waals surface area contributed by atoms with E-state index in [0.29, 0.717) is 37.8 Å². The summed E-state index contributed by atoms with van der Waals surface area (Å²) >= 11 is 0. The first kappa shape index (κ1) is 46.9. The maximum absolute atomic E-state index is 14.2. The summed E-state index contributed by atoms with van der Waals surface area (Å²) in [5.74, 6) is -1.64. The molecule has 2 rings (SSSR count). The third kappa shape index (κ3) is 17.4. The molecule has 306 valence electrons. The molecule has 5 amide bonds. The molecule has 0 spiro atoms. The predicted octanol–water partition coefficient (Wildman–Crippen LogP) is 6.92. The van der Waals surface area contributed by atoms with Crippen molar-refractivity contribution in [2.75, 3.05) is 0 Å². The molecule has 0 fully saturated rings. The molecule has 10 nitrogen and oxygen atoms in total. The van der Waals surface area contributed by atoms with Crippen LogP contribution >= 0.6 is 0 Å². The fraction of sp³-hybridized carbons (Fsp3) is 0.622. The Bertz CT molecular complexity index is 1470. The van der Waals surface area contributed by atoms with Crippen LogP contribution in [0, 0.1) is 35.5 Å². The zero-order chi connectivity index (χ0) is 41.1. The molecule has 1 aliphatic rings. The van der Waals surface area contributed by atoms with Gasteiger partial charge in [-0.3, -0.25) is 24.0 Å². The molecule has 0 bridgehead atoms. The van der Waals surface area contributed by atoms with Crippen molar-refractivity contribution in [2.24, 2.45) is 35.5 Å². The third-order valence-corrected chi connectivity index (χ3v) is 10.1. The van der Waals surface area contributed by atoms with Crippen LogP contribution in [-0.2, 0) is 30.4 Å². The van der Waals surface area contributed by atoms with E-state index in [4.69, 9.17) is 0 Å². The van der Waals surface area contributed by atoms with E-state index in [1.165, 1.54) is 0 Å². The van der Waals surface area contributed by atoms with E-state index >= 15 is 0 Å². The highest BCUT2D eigenvalue weighted by atomic mass is 16.2. The molecule has 55 heavy (non-hydrogen) atoms. The Morgan fingerprint density at radius 1 is 0.727 bits per heavy atom. The minimum absolute atomic E-state index is 0.110. The molecule has 0 aliphatic heterocycles. The second-order valence-corrected chi connectivity index (χ2v) is 16.6. The van der Waals surface area contributed by atoms with E-state index in [-0.39, 0.29) is 65.6 Å². The molecule has 7 atom stereocenters. The average Bonchev–Trinajstić information content (AvgIpc) is 3.32. The van der Waals surface area contributed by atoms with Crippen molar-refractivity contribution in [1.29, 1.82) is 0 Å². The fourth-order valence-electron chi connectivity index (χ4n) is 6.77. The monoisotopic (exact) mass is 762 g/mol. The van der Waals surface area contributed by atoms with Gasteiger partial charge in [-0.05, 0) is 66.4 Å². The van der Waals surface area contributed by atoms with E-state index in [9.17, 15) is 24.0 Å². The minimum Gasteiger partial charge on any atom is -0.351 e. The molecule has 7 unspecified atom stereocenters. The lowest BCUT2D eigenvalue weighted by molar-refractivity contribution is -0.134. The predicted molar refractivity (Wildman–Crippen MR) is 222 cm³/mol. The number of nitrogens with one attached hydrogen (secondary N) is 5. The molecule has 0 saturated carbocycles. The Labute approximate surface area is 331 Å². The normalized spacial score (nSPS) is 17.3. The van der Waals surface area contributed by atoms with Gasteiger partial charge in [0.2, 0.25) is 29.5 Å². The van der Waals surface area contributed by atoms with Gasteiger partial charge in [0.25, 0.3) is 0 Å². The summed E-state index contributed by atoms with van der Waals surface area (Å²) in [4.78, 5) is 68.3. The maximum Gasteiger partial charge on any atom is 0.247 e. The number of rotatable bonds is 23. The van der Waals surface area contributed by atoms with Crippen molar-refractivity contribution >= 4 is 29.5 Å². The van der Waals surface area contributed by atoms with Crippen LogP contribution in [0.3, 0.4) is 0 Å². The van der Waals surface area contributed by atoms with Gasteiger partial charge in [-0.15, -0.1) is 0 Å². The van der Waals surface area contributed by atoms with Crippen LogP contribution in [-0.4, -0.2) is 53.7 Å². The van der Waals surface area contributed by atoms with Gasteiger partial charge in [0.1, 0.15) is 18.1 Å². The second-order valence-electron chi connectivity index (χ2n) is 16.6. The van der Waals surface area contributed by atoms with Gasteiger partial charge in [-0.25, -0.2) is 0 Å². The molecule has 0 saturated heterocycles. The van der Waals surface area contributed by atoms with Crippen LogP contribution in [0.4, 0.5) is 0 Å². The number of amides is 5. The molecule has 5 N–H and O–H groups in total. The summed E-state index contributed by atoms with van der Waals surface area (Å²) in [6.07, 6.45) is 14.2. The van der Waals surface area contributed by atoms with Crippen molar-refractivity contribution in [3.05, 3.63) is 72.0 Å². The van der Waals surface area contributed by atoms with Crippen molar-refractivity contribution in [2.45, 2.75) is 145 Å². The van der Waals surface area contributed by atoms with Crippen LogP contribution in [0.15, 0.2) is 66.4 Å². The van der Waals surface area contributed by atoms with E-state index < -0.39 is 30.1 Å². The summed E-state index contributed by atoms with van der Waals surface area (Å²) in [6, 6.07) is 7.03. The average molecular weight is 762 g/mol. The first-order chi connectivity index (χ1) is 26.0. The zero-order valence-corrected chi connectivity index (χ0v) is 35.2. The van der Waals surface area contributed by atoms with Gasteiger partial charge in [0.05, 0.1) is 0 Å². The van der Waals surface area contributed by atoms with Gasteiger partial charge in [0.15, 0.2) is 0 Å². The molecular formula is C45H71N5O5. The highest BCUT2D eigenvalue weighted by molar-refractivity contribution is 5.92. The number of benzene rings is 1. The molecule has 1 aliphatic carbocycles. The van der Waals surface area contributed by atoms with Gasteiger partial charge < -0.3 is 26.6 Å². The molecule has 0 aromatic heterocycles. The lowest BCUT2D eigenvalue weighted by Gasteiger charge is -2.32. The number of hydrogen-bond acceptors (Lipinski definition) is 5. The summed E-state index contributed by atoms with van der Waals surface area (Å²) in [5, 5.41) is 15.2. The van der Waals surface area contributed by atoms with Crippen LogP contribution in [0.1, 0.15) is 120 Å². The molecule has 10 heteroatoms. The highest BCUT2D eigenvalue weighted by Crippen LogP contribution is 2.23. The summed E-state index contributed by atoms with van der Waals surface area (Å²) < 4.78 is 0. The smallest absolute Gasteiger partial charge is 0.247 e. The summed E-state index contributed by atoms with van der Waals surface area (Å²) in [7, 11) is 0. The molecule has 0 radical (unpaired) electrons. The number of hydrogen-bond donors (Lipinski definition) is 5. The number of allylic oxidation sites excluding steroid dienone is 5. The lowest BCUT2D eigenvalue weighted by atomic mass is 9.85. The van der Waals surface area contributed by atoms with E-state index in [2.05, 4.69) is 33.5 Å². The Balaban J connectivity index is 2.37. The Morgan fingerprint density at radius 2 is 1.40 bits per heavy atom. The summed E-state index contributed by atoms with van der Waals surface area (Å²) in [6.45, 7) is 19.7. The first-order valence-corrected chi connectivity index (χ1v) is 20.6. The third-order valence-electron chi connectivity index (χ3n) is 10.1. The van der Waals surface area contributed by atoms with E-state index in [1.54, 1.807) is 0 Å². The number of carbonyl (C=O) groups excluding carboxylic acids is 5. The Morgan fingerprint density at radius 3 is 2.00 bits per heavy atom. The van der Waals surface area contributed by atoms with Crippen LogP contribution in [0.2, 0.25) is 0 Å². The molecule has 0 heterocycles. The SMILES string of the molecule is CCCCC(CC(=O)NC(C(=O)NC1=CC(C)C=CC=C1)C(C)CC)C(Cc1ccccc1)NC(=O)C(NC(=O)C(CC(C)C)NC(=O)CC(C)C)C(C)C. The Kier molecular flexibility index (Phi) is 20.8. The van der Waals surface area contributed by atoms with Gasteiger partial charge in [-0.2, -0.15) is 0 Å². The number of unbranched alkanes of at least 4 members (excludes halogenated alkanes) is 1. The lowest BCUT2D eigenvalue weighted by Crippen LogP contribution is -2.58. The van der Waals surface area contributed by atoms with Crippen molar-refractivity contribution in [3.63, 3.8) is 0 Å². The second kappa shape index (κ2) is 24.3. The highest BCUT2D eigenvalue weighted by Gasteiger charge is 2.34. The van der Waals surface area contributed by atoms with E-state index in [0.717, 1.165) is 18.4 Å². The van der Waals surface area contributed by atoms with Crippen LogP contribution in [0.25, 0.3) is 0 Å². The van der Waals surface area contributed by atoms with Gasteiger partial charge in [-0.1, -0.05) is 143 Å². The molecule has 1 aromatic rings. The van der Waals surface area contributed by atoms with Crippen molar-refractivity contribution in [1.82, 2.24) is 26.6 Å². The molecule has 1 aromatic carbocycles.